The number of allylic oxidation sites excluding steroid dienone is 1. The Morgan fingerprint density at radius 2 is 2.31 bits per heavy atom. The van der Waals surface area contributed by atoms with Crippen LogP contribution in [0, 0.1) is 5.92 Å². The zero-order valence-electron chi connectivity index (χ0n) is 8.04. The minimum atomic E-state index is 0.0637. The van der Waals surface area contributed by atoms with E-state index in [2.05, 4.69) is 13.2 Å². The van der Waals surface area contributed by atoms with E-state index in [4.69, 9.17) is 0 Å². The van der Waals surface area contributed by atoms with Crippen LogP contribution in [-0.2, 0) is 4.79 Å². The van der Waals surface area contributed by atoms with Crippen molar-refractivity contribution in [2.75, 3.05) is 13.1 Å². The molecule has 1 aliphatic rings. The van der Waals surface area contributed by atoms with E-state index in [1.54, 1.807) is 0 Å². The monoisotopic (exact) mass is 179 g/mol. The number of hydrogen-bond acceptors (Lipinski definition) is 1. The molecule has 0 unspecified atom stereocenters. The van der Waals surface area contributed by atoms with Crippen molar-refractivity contribution in [1.29, 1.82) is 0 Å². The van der Waals surface area contributed by atoms with Gasteiger partial charge in [0.25, 0.3) is 0 Å². The molecule has 1 fully saturated rings. The maximum absolute atomic E-state index is 11.3. The van der Waals surface area contributed by atoms with Gasteiger partial charge in [-0.05, 0) is 31.3 Å². The lowest BCUT2D eigenvalue weighted by atomic mass is 9.95. The molecule has 0 saturated carbocycles. The summed E-state index contributed by atoms with van der Waals surface area (Å²) in [6, 6.07) is 0. The number of hydrogen-bond donors (Lipinski definition) is 0. The van der Waals surface area contributed by atoms with Crippen LogP contribution in [-0.4, -0.2) is 23.9 Å². The smallest absolute Gasteiger partial charge is 0.245 e. The van der Waals surface area contributed by atoms with E-state index in [0.717, 1.165) is 25.9 Å². The van der Waals surface area contributed by atoms with Crippen LogP contribution < -0.4 is 0 Å². The highest BCUT2D eigenvalue weighted by Crippen LogP contribution is 2.19. The molecular weight excluding hydrogens is 162 g/mol. The van der Waals surface area contributed by atoms with Crippen LogP contribution in [0.4, 0.5) is 0 Å². The Labute approximate surface area is 79.9 Å². The number of amides is 1. The van der Waals surface area contributed by atoms with E-state index in [9.17, 15) is 4.79 Å². The fourth-order valence-electron chi connectivity index (χ4n) is 1.82. The Kier molecular flexibility index (Phi) is 3.74. The minimum Gasteiger partial charge on any atom is -0.339 e. The first-order chi connectivity index (χ1) is 6.27. The van der Waals surface area contributed by atoms with Crippen molar-refractivity contribution in [2.45, 2.75) is 19.3 Å². The average Bonchev–Trinajstić information content (AvgIpc) is 2.18. The SMILES string of the molecule is C=CC[C@@H]1CCCN(C(=O)C=C)C1. The summed E-state index contributed by atoms with van der Waals surface area (Å²) in [4.78, 5) is 13.2. The van der Waals surface area contributed by atoms with Gasteiger partial charge < -0.3 is 4.90 Å². The first-order valence-corrected chi connectivity index (χ1v) is 4.80. The summed E-state index contributed by atoms with van der Waals surface area (Å²) in [7, 11) is 0. The van der Waals surface area contributed by atoms with Crippen LogP contribution in [0.3, 0.4) is 0 Å². The summed E-state index contributed by atoms with van der Waals surface area (Å²) in [5, 5.41) is 0. The normalized spacial score (nSPS) is 22.5. The van der Waals surface area contributed by atoms with Gasteiger partial charge in [0.05, 0.1) is 0 Å². The molecule has 1 atom stereocenters. The number of carbonyl (C=O) groups is 1. The Balaban J connectivity index is 2.45. The summed E-state index contributed by atoms with van der Waals surface area (Å²) >= 11 is 0. The molecule has 1 heterocycles. The third-order valence-electron chi connectivity index (χ3n) is 2.51. The Bertz CT molecular complexity index is 210. The predicted octanol–water partition coefficient (Wildman–Crippen LogP) is 1.99. The number of carbonyl (C=O) groups excluding carboxylic acids is 1. The molecule has 0 aromatic rings. The molecular formula is C11H17NO. The second kappa shape index (κ2) is 4.85. The summed E-state index contributed by atoms with van der Waals surface area (Å²) in [5.74, 6) is 0.670. The van der Waals surface area contributed by atoms with Gasteiger partial charge in [0.15, 0.2) is 0 Å². The third-order valence-corrected chi connectivity index (χ3v) is 2.51. The van der Waals surface area contributed by atoms with Gasteiger partial charge in [-0.1, -0.05) is 12.7 Å². The summed E-state index contributed by atoms with van der Waals surface area (Å²) in [6.07, 6.45) is 6.68. The first-order valence-electron chi connectivity index (χ1n) is 4.80. The zero-order chi connectivity index (χ0) is 9.68. The van der Waals surface area contributed by atoms with Crippen LogP contribution in [0.25, 0.3) is 0 Å². The van der Waals surface area contributed by atoms with Gasteiger partial charge in [-0.2, -0.15) is 0 Å². The van der Waals surface area contributed by atoms with Crippen molar-refractivity contribution in [3.05, 3.63) is 25.3 Å². The van der Waals surface area contributed by atoms with Gasteiger partial charge >= 0.3 is 0 Å². The van der Waals surface area contributed by atoms with E-state index in [1.165, 1.54) is 12.5 Å². The molecule has 0 aromatic carbocycles. The highest BCUT2D eigenvalue weighted by molar-refractivity contribution is 5.87. The molecule has 1 aliphatic heterocycles. The lowest BCUT2D eigenvalue weighted by molar-refractivity contribution is -0.127. The fraction of sp³-hybridized carbons (Fsp3) is 0.545. The highest BCUT2D eigenvalue weighted by Gasteiger charge is 2.20. The minimum absolute atomic E-state index is 0.0637. The molecule has 0 aliphatic carbocycles. The van der Waals surface area contributed by atoms with Gasteiger partial charge in [0, 0.05) is 13.1 Å². The lowest BCUT2D eigenvalue weighted by Gasteiger charge is -2.31. The first kappa shape index (κ1) is 10.0. The predicted molar refractivity (Wildman–Crippen MR) is 54.3 cm³/mol. The molecule has 72 valence electrons. The van der Waals surface area contributed by atoms with Gasteiger partial charge in [0.1, 0.15) is 0 Å². The summed E-state index contributed by atoms with van der Waals surface area (Å²) in [6.45, 7) is 8.98. The molecule has 13 heavy (non-hydrogen) atoms. The number of nitrogens with zero attached hydrogens (tertiary/aromatic N) is 1. The molecule has 1 saturated heterocycles. The molecule has 0 aromatic heterocycles. The molecule has 0 bridgehead atoms. The maximum Gasteiger partial charge on any atom is 0.245 e. The lowest BCUT2D eigenvalue weighted by Crippen LogP contribution is -2.38. The van der Waals surface area contributed by atoms with Gasteiger partial charge in [-0.3, -0.25) is 4.79 Å². The molecule has 0 radical (unpaired) electrons. The van der Waals surface area contributed by atoms with E-state index < -0.39 is 0 Å². The van der Waals surface area contributed by atoms with Gasteiger partial charge in [-0.15, -0.1) is 6.58 Å². The Morgan fingerprint density at radius 1 is 1.54 bits per heavy atom. The van der Waals surface area contributed by atoms with Crippen molar-refractivity contribution in [3.8, 4) is 0 Å². The van der Waals surface area contributed by atoms with Crippen LogP contribution in [0.5, 0.6) is 0 Å². The maximum atomic E-state index is 11.3. The molecule has 0 spiro atoms. The van der Waals surface area contributed by atoms with Crippen molar-refractivity contribution in [2.24, 2.45) is 5.92 Å². The molecule has 1 rings (SSSR count). The largest absolute Gasteiger partial charge is 0.339 e. The molecule has 0 N–H and O–H groups in total. The number of piperidine rings is 1. The topological polar surface area (TPSA) is 20.3 Å². The second-order valence-electron chi connectivity index (χ2n) is 3.52. The van der Waals surface area contributed by atoms with Crippen LogP contribution in [0.2, 0.25) is 0 Å². The van der Waals surface area contributed by atoms with E-state index in [-0.39, 0.29) is 5.91 Å². The Hall–Kier alpha value is -1.05. The van der Waals surface area contributed by atoms with E-state index >= 15 is 0 Å². The van der Waals surface area contributed by atoms with Crippen molar-refractivity contribution in [1.82, 2.24) is 4.90 Å². The van der Waals surface area contributed by atoms with Crippen molar-refractivity contribution in [3.63, 3.8) is 0 Å². The zero-order valence-corrected chi connectivity index (χ0v) is 8.04. The van der Waals surface area contributed by atoms with Crippen molar-refractivity contribution >= 4 is 5.91 Å². The number of rotatable bonds is 3. The molecule has 2 nitrogen and oxygen atoms in total. The van der Waals surface area contributed by atoms with Crippen LogP contribution in [0.15, 0.2) is 25.3 Å². The number of likely N-dealkylation sites (tertiary alicyclic amines) is 1. The third kappa shape index (κ3) is 2.72. The Morgan fingerprint density at radius 3 is 2.92 bits per heavy atom. The van der Waals surface area contributed by atoms with Crippen LogP contribution in [0.1, 0.15) is 19.3 Å². The standard InChI is InChI=1S/C11H17NO/c1-3-6-10-7-5-8-12(9-10)11(13)4-2/h3-4,10H,1-2,5-9H2/t10-/m1/s1. The van der Waals surface area contributed by atoms with Gasteiger partial charge in [0.2, 0.25) is 5.91 Å². The molecule has 2 heteroatoms. The van der Waals surface area contributed by atoms with Crippen molar-refractivity contribution < 1.29 is 4.79 Å². The fourth-order valence-corrected chi connectivity index (χ4v) is 1.82. The summed E-state index contributed by atoms with van der Waals surface area (Å²) < 4.78 is 0. The average molecular weight is 179 g/mol. The quantitative estimate of drug-likeness (QED) is 0.479. The summed E-state index contributed by atoms with van der Waals surface area (Å²) in [5.41, 5.74) is 0. The van der Waals surface area contributed by atoms with E-state index in [0.29, 0.717) is 5.92 Å². The van der Waals surface area contributed by atoms with Gasteiger partial charge in [-0.25, -0.2) is 0 Å². The van der Waals surface area contributed by atoms with Crippen LogP contribution >= 0.6 is 0 Å². The molecule has 1 amide bonds. The van der Waals surface area contributed by atoms with E-state index in [1.807, 2.05) is 11.0 Å². The highest BCUT2D eigenvalue weighted by atomic mass is 16.2. The second-order valence-corrected chi connectivity index (χ2v) is 3.52.